The van der Waals surface area contributed by atoms with Crippen LogP contribution in [-0.2, 0) is 11.3 Å². The first kappa shape index (κ1) is 11.8. The Hall–Kier alpha value is -1.26. The number of benzene rings is 1. The molecule has 0 fully saturated rings. The van der Waals surface area contributed by atoms with Gasteiger partial charge in [0.25, 0.3) is 5.91 Å². The van der Waals surface area contributed by atoms with Crippen molar-refractivity contribution in [3.8, 4) is 5.75 Å². The van der Waals surface area contributed by atoms with Gasteiger partial charge in [-0.05, 0) is 19.2 Å². The van der Waals surface area contributed by atoms with E-state index in [1.165, 1.54) is 0 Å². The summed E-state index contributed by atoms with van der Waals surface area (Å²) in [6.45, 7) is 0.435. The third kappa shape index (κ3) is 3.42. The predicted molar refractivity (Wildman–Crippen MR) is 58.9 cm³/mol. The quantitative estimate of drug-likeness (QED) is 0.788. The molecule has 0 saturated carbocycles. The molecule has 15 heavy (non-hydrogen) atoms. The number of hydrogen-bond acceptors (Lipinski definition) is 3. The topological polar surface area (TPSA) is 64.3 Å². The highest BCUT2D eigenvalue weighted by molar-refractivity contribution is 6.31. The number of carbonyl (C=O) groups is 1. The lowest BCUT2D eigenvalue weighted by Gasteiger charge is -2.11. The fraction of sp³-hybridized carbons (Fsp3) is 0.300. The summed E-state index contributed by atoms with van der Waals surface area (Å²) < 4.78 is 5.23. The average Bonchev–Trinajstić information content (AvgIpc) is 2.19. The molecule has 0 aliphatic heterocycles. The Morgan fingerprint density at radius 1 is 1.60 bits per heavy atom. The number of hydrogen-bond donors (Lipinski definition) is 2. The number of ether oxygens (including phenoxy) is 1. The smallest absolute Gasteiger partial charge is 0.255 e. The summed E-state index contributed by atoms with van der Waals surface area (Å²) in [4.78, 5) is 10.6. The number of amides is 1. The van der Waals surface area contributed by atoms with Gasteiger partial charge in [0, 0.05) is 17.1 Å². The zero-order chi connectivity index (χ0) is 11.3. The minimum atomic E-state index is -0.509. The summed E-state index contributed by atoms with van der Waals surface area (Å²) in [5, 5.41) is 3.58. The monoisotopic (exact) mass is 228 g/mol. The Balaban J connectivity index is 2.85. The predicted octanol–water partition coefficient (Wildman–Crippen LogP) is 0.924. The molecule has 0 radical (unpaired) electrons. The molecule has 0 aliphatic rings. The molecular formula is C10H13ClN2O2. The van der Waals surface area contributed by atoms with E-state index in [2.05, 4.69) is 5.32 Å². The van der Waals surface area contributed by atoms with Crippen molar-refractivity contribution in [1.82, 2.24) is 5.32 Å². The maximum Gasteiger partial charge on any atom is 0.255 e. The largest absolute Gasteiger partial charge is 0.483 e. The van der Waals surface area contributed by atoms with Crippen LogP contribution in [0.15, 0.2) is 18.2 Å². The van der Waals surface area contributed by atoms with Crippen LogP contribution in [0.5, 0.6) is 5.75 Å². The Bertz CT molecular complexity index is 355. The highest BCUT2D eigenvalue weighted by Crippen LogP contribution is 2.26. The van der Waals surface area contributed by atoms with E-state index >= 15 is 0 Å². The third-order valence-electron chi connectivity index (χ3n) is 1.80. The summed E-state index contributed by atoms with van der Waals surface area (Å²) in [5.41, 5.74) is 5.81. The van der Waals surface area contributed by atoms with Crippen molar-refractivity contribution in [2.45, 2.75) is 6.54 Å². The molecule has 0 bridgehead atoms. The summed E-state index contributed by atoms with van der Waals surface area (Å²) in [5.74, 6) is 0.0704. The molecule has 0 unspecified atom stereocenters. The van der Waals surface area contributed by atoms with Crippen molar-refractivity contribution >= 4 is 17.5 Å². The van der Waals surface area contributed by atoms with E-state index in [-0.39, 0.29) is 6.61 Å². The molecule has 82 valence electrons. The molecule has 0 atom stereocenters. The molecule has 0 saturated heterocycles. The molecule has 0 spiro atoms. The van der Waals surface area contributed by atoms with Crippen molar-refractivity contribution in [2.75, 3.05) is 13.7 Å². The Kier molecular flexibility index (Phi) is 4.39. The second-order valence-corrected chi connectivity index (χ2v) is 3.41. The van der Waals surface area contributed by atoms with Gasteiger partial charge in [-0.15, -0.1) is 0 Å². The van der Waals surface area contributed by atoms with Crippen LogP contribution < -0.4 is 15.8 Å². The van der Waals surface area contributed by atoms with Gasteiger partial charge in [0.2, 0.25) is 0 Å². The molecule has 0 aromatic heterocycles. The Morgan fingerprint density at radius 3 is 2.93 bits per heavy atom. The fourth-order valence-electron chi connectivity index (χ4n) is 1.17. The first-order valence-electron chi connectivity index (χ1n) is 4.48. The normalized spacial score (nSPS) is 10.0. The summed E-state index contributed by atoms with van der Waals surface area (Å²) in [6, 6.07) is 5.28. The van der Waals surface area contributed by atoms with Gasteiger partial charge in [0.05, 0.1) is 0 Å². The number of nitrogens with two attached hydrogens (primary N) is 1. The summed E-state index contributed by atoms with van der Waals surface area (Å²) in [7, 11) is 1.81. The Morgan fingerprint density at radius 2 is 2.33 bits per heavy atom. The number of primary amides is 1. The molecule has 1 rings (SSSR count). The van der Waals surface area contributed by atoms with Crippen molar-refractivity contribution in [2.24, 2.45) is 5.73 Å². The molecular weight excluding hydrogens is 216 g/mol. The van der Waals surface area contributed by atoms with Crippen molar-refractivity contribution in [1.29, 1.82) is 0 Å². The van der Waals surface area contributed by atoms with Crippen LogP contribution in [0.25, 0.3) is 0 Å². The number of carbonyl (C=O) groups excluding carboxylic acids is 1. The highest BCUT2D eigenvalue weighted by Gasteiger charge is 2.07. The average molecular weight is 229 g/mol. The van der Waals surface area contributed by atoms with Gasteiger partial charge < -0.3 is 15.8 Å². The van der Waals surface area contributed by atoms with Crippen LogP contribution in [0.4, 0.5) is 0 Å². The molecule has 0 aliphatic carbocycles. The van der Waals surface area contributed by atoms with E-state index < -0.39 is 5.91 Å². The summed E-state index contributed by atoms with van der Waals surface area (Å²) >= 11 is 5.99. The van der Waals surface area contributed by atoms with Crippen LogP contribution in [0.1, 0.15) is 5.56 Å². The van der Waals surface area contributed by atoms with Gasteiger partial charge in [-0.3, -0.25) is 4.79 Å². The molecule has 3 N–H and O–H groups in total. The minimum absolute atomic E-state index is 0.142. The zero-order valence-corrected chi connectivity index (χ0v) is 9.17. The first-order chi connectivity index (χ1) is 7.15. The van der Waals surface area contributed by atoms with E-state index in [1.54, 1.807) is 25.2 Å². The molecule has 0 heterocycles. The van der Waals surface area contributed by atoms with E-state index in [9.17, 15) is 4.79 Å². The van der Waals surface area contributed by atoms with Gasteiger partial charge in [-0.1, -0.05) is 17.7 Å². The van der Waals surface area contributed by atoms with Gasteiger partial charge in [0.1, 0.15) is 5.75 Å². The van der Waals surface area contributed by atoms with Gasteiger partial charge in [-0.25, -0.2) is 0 Å². The SMILES string of the molecule is CNCc1c(Cl)cccc1OCC(N)=O. The van der Waals surface area contributed by atoms with Crippen molar-refractivity contribution in [3.05, 3.63) is 28.8 Å². The van der Waals surface area contributed by atoms with E-state index in [0.29, 0.717) is 17.3 Å². The van der Waals surface area contributed by atoms with Crippen LogP contribution in [0, 0.1) is 0 Å². The first-order valence-corrected chi connectivity index (χ1v) is 4.86. The fourth-order valence-corrected chi connectivity index (χ4v) is 1.40. The third-order valence-corrected chi connectivity index (χ3v) is 2.15. The maximum atomic E-state index is 10.6. The maximum absolute atomic E-state index is 10.6. The minimum Gasteiger partial charge on any atom is -0.483 e. The van der Waals surface area contributed by atoms with Crippen LogP contribution in [0.3, 0.4) is 0 Å². The lowest BCUT2D eigenvalue weighted by Crippen LogP contribution is -2.21. The van der Waals surface area contributed by atoms with E-state index in [1.807, 2.05) is 0 Å². The summed E-state index contributed by atoms with van der Waals surface area (Å²) in [6.07, 6.45) is 0. The van der Waals surface area contributed by atoms with E-state index in [4.69, 9.17) is 22.1 Å². The van der Waals surface area contributed by atoms with Crippen LogP contribution in [-0.4, -0.2) is 19.6 Å². The number of rotatable bonds is 5. The Labute approximate surface area is 93.4 Å². The lowest BCUT2D eigenvalue weighted by atomic mass is 10.2. The molecule has 5 heteroatoms. The molecule has 4 nitrogen and oxygen atoms in total. The standard InChI is InChI=1S/C10H13ClN2O2/c1-13-5-7-8(11)3-2-4-9(7)15-6-10(12)14/h2-4,13H,5-6H2,1H3,(H2,12,14). The molecule has 1 amide bonds. The zero-order valence-electron chi connectivity index (χ0n) is 8.42. The molecule has 1 aromatic rings. The van der Waals surface area contributed by atoms with Crippen LogP contribution >= 0.6 is 11.6 Å². The van der Waals surface area contributed by atoms with Gasteiger partial charge >= 0.3 is 0 Å². The van der Waals surface area contributed by atoms with Crippen molar-refractivity contribution < 1.29 is 9.53 Å². The van der Waals surface area contributed by atoms with Gasteiger partial charge in [0.15, 0.2) is 6.61 Å². The lowest BCUT2D eigenvalue weighted by molar-refractivity contribution is -0.119. The van der Waals surface area contributed by atoms with Gasteiger partial charge in [-0.2, -0.15) is 0 Å². The number of nitrogens with one attached hydrogen (secondary N) is 1. The number of halogens is 1. The molecule has 1 aromatic carbocycles. The van der Waals surface area contributed by atoms with E-state index in [0.717, 1.165) is 5.56 Å². The van der Waals surface area contributed by atoms with Crippen molar-refractivity contribution in [3.63, 3.8) is 0 Å². The van der Waals surface area contributed by atoms with Crippen LogP contribution in [0.2, 0.25) is 5.02 Å². The second-order valence-electron chi connectivity index (χ2n) is 3.00. The highest BCUT2D eigenvalue weighted by atomic mass is 35.5. The second kappa shape index (κ2) is 5.58.